The fourth-order valence-corrected chi connectivity index (χ4v) is 2.09. The van der Waals surface area contributed by atoms with Gasteiger partial charge in [-0.2, -0.15) is 4.37 Å². The topological polar surface area (TPSA) is 12.9 Å². The predicted octanol–water partition coefficient (Wildman–Crippen LogP) is 3.17. The van der Waals surface area contributed by atoms with Crippen molar-refractivity contribution in [1.82, 2.24) is 4.37 Å². The number of benzene rings is 1. The molecule has 2 aromatic rings. The lowest BCUT2D eigenvalue weighted by Crippen LogP contribution is -1.78. The third-order valence-electron chi connectivity index (χ3n) is 2.12. The lowest BCUT2D eigenvalue weighted by molar-refractivity contribution is 1.15. The molecule has 0 unspecified atom stereocenters. The number of nitrogens with zero attached hydrogens (tertiary/aromatic N) is 1. The Balaban J connectivity index is 2.71. The number of rotatable bonds is 1. The van der Waals surface area contributed by atoms with E-state index in [0.29, 0.717) is 0 Å². The van der Waals surface area contributed by atoms with Crippen LogP contribution in [-0.2, 0) is 6.42 Å². The van der Waals surface area contributed by atoms with E-state index < -0.39 is 0 Å². The first-order valence-corrected chi connectivity index (χ1v) is 4.93. The Bertz CT molecular complexity index is 403. The Morgan fingerprint density at radius 3 is 3.00 bits per heavy atom. The first-order valence-electron chi connectivity index (χ1n) is 4.16. The number of hydrogen-bond donors (Lipinski definition) is 0. The predicted molar refractivity (Wildman–Crippen MR) is 53.7 cm³/mol. The lowest BCUT2D eigenvalue weighted by Gasteiger charge is -1.95. The number of fused-ring (bicyclic) bond motifs is 1. The largest absolute Gasteiger partial charge is 0.197 e. The molecule has 0 aliphatic heterocycles. The van der Waals surface area contributed by atoms with Gasteiger partial charge in [0.2, 0.25) is 0 Å². The van der Waals surface area contributed by atoms with Gasteiger partial charge in [-0.3, -0.25) is 0 Å². The highest BCUT2D eigenvalue weighted by Gasteiger charge is 2.01. The summed E-state index contributed by atoms with van der Waals surface area (Å²) in [5.74, 6) is 0. The van der Waals surface area contributed by atoms with E-state index in [1.165, 1.54) is 15.6 Å². The van der Waals surface area contributed by atoms with Gasteiger partial charge in [0.05, 0.1) is 10.4 Å². The molecule has 1 nitrogen and oxygen atoms in total. The van der Waals surface area contributed by atoms with Gasteiger partial charge in [0, 0.05) is 5.39 Å². The number of hydrogen-bond acceptors (Lipinski definition) is 2. The fraction of sp³-hybridized carbons (Fsp3) is 0.300. The van der Waals surface area contributed by atoms with Crippen LogP contribution >= 0.6 is 11.5 Å². The van der Waals surface area contributed by atoms with Crippen LogP contribution in [0.3, 0.4) is 0 Å². The van der Waals surface area contributed by atoms with Gasteiger partial charge in [0.25, 0.3) is 0 Å². The Hall–Kier alpha value is -0.890. The molecule has 0 aliphatic carbocycles. The molecule has 1 aromatic heterocycles. The molecule has 0 aliphatic rings. The number of aryl methyl sites for hydroxylation is 2. The molecule has 1 heterocycles. The minimum atomic E-state index is 1.10. The van der Waals surface area contributed by atoms with E-state index in [1.54, 1.807) is 11.5 Å². The van der Waals surface area contributed by atoms with Crippen LogP contribution in [0, 0.1) is 6.92 Å². The Labute approximate surface area is 76.2 Å². The molecule has 0 spiro atoms. The van der Waals surface area contributed by atoms with Gasteiger partial charge < -0.3 is 0 Å². The Morgan fingerprint density at radius 1 is 1.42 bits per heavy atom. The molecule has 2 rings (SSSR count). The summed E-state index contributed by atoms with van der Waals surface area (Å²) in [6.07, 6.45) is 1.10. The summed E-state index contributed by atoms with van der Waals surface area (Å²) in [6.45, 7) is 4.24. The molecule has 0 radical (unpaired) electrons. The van der Waals surface area contributed by atoms with Gasteiger partial charge in [-0.25, -0.2) is 0 Å². The third kappa shape index (κ3) is 1.12. The average Bonchev–Trinajstić information content (AvgIpc) is 2.47. The monoisotopic (exact) mass is 177 g/mol. The molecule has 1 aromatic carbocycles. The molecule has 0 saturated carbocycles. The van der Waals surface area contributed by atoms with Crippen molar-refractivity contribution in [2.75, 3.05) is 0 Å². The van der Waals surface area contributed by atoms with E-state index >= 15 is 0 Å². The maximum absolute atomic E-state index is 4.31. The van der Waals surface area contributed by atoms with Gasteiger partial charge in [-0.1, -0.05) is 13.0 Å². The SMILES string of the molecule is CCc1ccc2snc(C)c2c1. The van der Waals surface area contributed by atoms with Crippen molar-refractivity contribution in [3.05, 3.63) is 29.5 Å². The Kier molecular flexibility index (Phi) is 1.85. The second kappa shape index (κ2) is 2.87. The van der Waals surface area contributed by atoms with E-state index in [4.69, 9.17) is 0 Å². The number of aromatic nitrogens is 1. The summed E-state index contributed by atoms with van der Waals surface area (Å²) in [5.41, 5.74) is 2.55. The smallest absolute Gasteiger partial charge is 0.0589 e. The zero-order valence-corrected chi connectivity index (χ0v) is 8.11. The van der Waals surface area contributed by atoms with Crippen LogP contribution in [0.5, 0.6) is 0 Å². The highest BCUT2D eigenvalue weighted by Crippen LogP contribution is 2.23. The van der Waals surface area contributed by atoms with Crippen molar-refractivity contribution < 1.29 is 0 Å². The van der Waals surface area contributed by atoms with E-state index in [9.17, 15) is 0 Å². The maximum atomic E-state index is 4.31. The minimum Gasteiger partial charge on any atom is -0.197 e. The van der Waals surface area contributed by atoms with Crippen LogP contribution in [0.25, 0.3) is 10.1 Å². The van der Waals surface area contributed by atoms with E-state index in [0.717, 1.165) is 12.1 Å². The van der Waals surface area contributed by atoms with Crippen LogP contribution in [0.1, 0.15) is 18.2 Å². The van der Waals surface area contributed by atoms with Gasteiger partial charge in [-0.05, 0) is 42.6 Å². The Morgan fingerprint density at radius 2 is 2.25 bits per heavy atom. The van der Waals surface area contributed by atoms with Crippen molar-refractivity contribution in [2.45, 2.75) is 20.3 Å². The highest BCUT2D eigenvalue weighted by molar-refractivity contribution is 7.13. The molecule has 0 N–H and O–H groups in total. The molecular weight excluding hydrogens is 166 g/mol. The normalized spacial score (nSPS) is 10.8. The van der Waals surface area contributed by atoms with E-state index in [2.05, 4.69) is 36.4 Å². The summed E-state index contributed by atoms with van der Waals surface area (Å²) in [4.78, 5) is 0. The first kappa shape index (κ1) is 7.74. The minimum absolute atomic E-state index is 1.10. The van der Waals surface area contributed by atoms with Crippen LogP contribution in [-0.4, -0.2) is 4.37 Å². The van der Waals surface area contributed by atoms with Gasteiger partial charge in [0.15, 0.2) is 0 Å². The van der Waals surface area contributed by atoms with Crippen molar-refractivity contribution in [3.63, 3.8) is 0 Å². The summed E-state index contributed by atoms with van der Waals surface area (Å²) in [7, 11) is 0. The fourth-order valence-electron chi connectivity index (χ4n) is 1.33. The zero-order valence-electron chi connectivity index (χ0n) is 7.29. The molecule has 0 amide bonds. The zero-order chi connectivity index (χ0) is 8.55. The second-order valence-corrected chi connectivity index (χ2v) is 3.76. The summed E-state index contributed by atoms with van der Waals surface area (Å²) < 4.78 is 5.61. The van der Waals surface area contributed by atoms with Crippen LogP contribution in [0.2, 0.25) is 0 Å². The van der Waals surface area contributed by atoms with Crippen LogP contribution in [0.4, 0.5) is 0 Å². The summed E-state index contributed by atoms with van der Waals surface area (Å²) >= 11 is 1.58. The highest BCUT2D eigenvalue weighted by atomic mass is 32.1. The van der Waals surface area contributed by atoms with Gasteiger partial charge >= 0.3 is 0 Å². The molecule has 0 fully saturated rings. The van der Waals surface area contributed by atoms with E-state index in [1.807, 2.05) is 0 Å². The molecule has 62 valence electrons. The second-order valence-electron chi connectivity index (χ2n) is 2.95. The molecule has 0 atom stereocenters. The van der Waals surface area contributed by atoms with Crippen molar-refractivity contribution >= 4 is 21.6 Å². The lowest BCUT2D eigenvalue weighted by atomic mass is 10.1. The van der Waals surface area contributed by atoms with E-state index in [-0.39, 0.29) is 0 Å². The first-order chi connectivity index (χ1) is 5.81. The van der Waals surface area contributed by atoms with Gasteiger partial charge in [0.1, 0.15) is 0 Å². The summed E-state index contributed by atoms with van der Waals surface area (Å²) in [5, 5.41) is 1.32. The maximum Gasteiger partial charge on any atom is 0.0589 e. The standard InChI is InChI=1S/C10H11NS/c1-3-8-4-5-10-9(6-8)7(2)11-12-10/h4-6H,3H2,1-2H3. The molecule has 0 saturated heterocycles. The van der Waals surface area contributed by atoms with Crippen molar-refractivity contribution in [1.29, 1.82) is 0 Å². The average molecular weight is 177 g/mol. The van der Waals surface area contributed by atoms with Crippen molar-refractivity contribution in [3.8, 4) is 0 Å². The van der Waals surface area contributed by atoms with Crippen LogP contribution in [0.15, 0.2) is 18.2 Å². The quantitative estimate of drug-likeness (QED) is 0.652. The van der Waals surface area contributed by atoms with Gasteiger partial charge in [-0.15, -0.1) is 0 Å². The summed E-state index contributed by atoms with van der Waals surface area (Å²) in [6, 6.07) is 6.59. The van der Waals surface area contributed by atoms with Crippen molar-refractivity contribution in [2.24, 2.45) is 0 Å². The molecule has 2 heteroatoms. The molecular formula is C10H11NS. The third-order valence-corrected chi connectivity index (χ3v) is 3.04. The van der Waals surface area contributed by atoms with Crippen LogP contribution < -0.4 is 0 Å². The molecule has 0 bridgehead atoms. The molecule has 12 heavy (non-hydrogen) atoms.